The van der Waals surface area contributed by atoms with Crippen LogP contribution in [0.15, 0.2) is 47.5 Å². The Morgan fingerprint density at radius 1 is 1.30 bits per heavy atom. The maximum atomic E-state index is 11.3. The van der Waals surface area contributed by atoms with Crippen LogP contribution < -0.4 is 5.32 Å². The summed E-state index contributed by atoms with van der Waals surface area (Å²) < 4.78 is 4.58. The number of rotatable bonds is 6. The van der Waals surface area contributed by atoms with E-state index in [4.69, 9.17) is 0 Å². The Morgan fingerprint density at radius 2 is 2.10 bits per heavy atom. The van der Waals surface area contributed by atoms with Crippen LogP contribution in [0.2, 0.25) is 0 Å². The molecule has 1 N–H and O–H groups in total. The molecule has 0 radical (unpaired) electrons. The topological polar surface area (TPSA) is 64.1 Å². The lowest BCUT2D eigenvalue weighted by Crippen LogP contribution is -2.11. The molecule has 0 amide bonds. The molecule has 1 heterocycles. The first-order chi connectivity index (χ1) is 9.79. The predicted molar refractivity (Wildman–Crippen MR) is 79.0 cm³/mol. The lowest BCUT2D eigenvalue weighted by molar-refractivity contribution is 0.0587. The number of thioether (sulfide) groups is 1. The van der Waals surface area contributed by atoms with E-state index in [0.717, 1.165) is 12.3 Å². The van der Waals surface area contributed by atoms with Gasteiger partial charge in [-0.05, 0) is 18.2 Å². The zero-order valence-electron chi connectivity index (χ0n) is 11.1. The molecule has 0 saturated heterocycles. The Morgan fingerprint density at radius 3 is 2.85 bits per heavy atom. The van der Waals surface area contributed by atoms with Gasteiger partial charge in [-0.25, -0.2) is 14.8 Å². The zero-order chi connectivity index (χ0) is 14.2. The van der Waals surface area contributed by atoms with Crippen molar-refractivity contribution in [3.05, 3.63) is 48.4 Å². The van der Waals surface area contributed by atoms with Crippen LogP contribution in [0.5, 0.6) is 0 Å². The van der Waals surface area contributed by atoms with Gasteiger partial charge in [0.05, 0.1) is 7.11 Å². The average Bonchev–Trinajstić information content (AvgIpc) is 2.52. The van der Waals surface area contributed by atoms with Crippen LogP contribution in [0.3, 0.4) is 0 Å². The van der Waals surface area contributed by atoms with E-state index in [1.807, 2.05) is 18.2 Å². The number of methoxy groups -OCH3 is 1. The smallest absolute Gasteiger partial charge is 0.376 e. The minimum Gasteiger partial charge on any atom is -0.463 e. The first-order valence-corrected chi connectivity index (χ1v) is 7.11. The summed E-state index contributed by atoms with van der Waals surface area (Å²) in [6.45, 7) is 0.747. The summed E-state index contributed by atoms with van der Waals surface area (Å²) in [5.74, 6) is 1.05. The summed E-state index contributed by atoms with van der Waals surface area (Å²) in [4.78, 5) is 20.5. The molecule has 104 valence electrons. The molecule has 0 atom stereocenters. The summed E-state index contributed by atoms with van der Waals surface area (Å²) in [6, 6.07) is 11.9. The van der Waals surface area contributed by atoms with Gasteiger partial charge in [0.15, 0.2) is 0 Å². The van der Waals surface area contributed by atoms with Gasteiger partial charge in [0.2, 0.25) is 5.82 Å². The number of aromatic nitrogens is 2. The zero-order valence-corrected chi connectivity index (χ0v) is 11.9. The van der Waals surface area contributed by atoms with Gasteiger partial charge in [-0.1, -0.05) is 18.2 Å². The third-order valence-corrected chi connectivity index (χ3v) is 3.46. The molecule has 2 rings (SSSR count). The molecule has 20 heavy (non-hydrogen) atoms. The maximum Gasteiger partial charge on any atom is 0.376 e. The molecule has 0 aliphatic rings. The van der Waals surface area contributed by atoms with Crippen LogP contribution in [-0.2, 0) is 4.74 Å². The van der Waals surface area contributed by atoms with E-state index < -0.39 is 5.97 Å². The van der Waals surface area contributed by atoms with Crippen molar-refractivity contribution in [3.63, 3.8) is 0 Å². The third-order valence-electron chi connectivity index (χ3n) is 2.44. The molecular weight excluding hydrogens is 274 g/mol. The van der Waals surface area contributed by atoms with Gasteiger partial charge < -0.3 is 10.1 Å². The van der Waals surface area contributed by atoms with Gasteiger partial charge in [0.1, 0.15) is 5.82 Å². The van der Waals surface area contributed by atoms with Crippen molar-refractivity contribution >= 4 is 23.5 Å². The molecule has 0 aliphatic carbocycles. The highest BCUT2D eigenvalue weighted by Crippen LogP contribution is 2.16. The van der Waals surface area contributed by atoms with Gasteiger partial charge in [-0.2, -0.15) is 0 Å². The van der Waals surface area contributed by atoms with E-state index in [0.29, 0.717) is 5.82 Å². The molecular formula is C14H15N3O2S. The fraction of sp³-hybridized carbons (Fsp3) is 0.214. The van der Waals surface area contributed by atoms with Gasteiger partial charge in [-0.3, -0.25) is 0 Å². The summed E-state index contributed by atoms with van der Waals surface area (Å²) in [5, 5.41) is 3.15. The second-order valence-electron chi connectivity index (χ2n) is 3.85. The molecule has 1 aromatic heterocycles. The Hall–Kier alpha value is -2.08. The summed E-state index contributed by atoms with van der Waals surface area (Å²) in [7, 11) is 1.31. The minimum absolute atomic E-state index is 0.0632. The quantitative estimate of drug-likeness (QED) is 0.501. The minimum atomic E-state index is -0.535. The van der Waals surface area contributed by atoms with Crippen LogP contribution in [0.4, 0.5) is 5.82 Å². The first kappa shape index (κ1) is 14.3. The number of hydrogen-bond acceptors (Lipinski definition) is 6. The van der Waals surface area contributed by atoms with E-state index in [-0.39, 0.29) is 5.82 Å². The van der Waals surface area contributed by atoms with Crippen molar-refractivity contribution in [3.8, 4) is 0 Å². The highest BCUT2D eigenvalue weighted by molar-refractivity contribution is 7.99. The van der Waals surface area contributed by atoms with Crippen LogP contribution in [0.25, 0.3) is 0 Å². The van der Waals surface area contributed by atoms with E-state index in [2.05, 4.69) is 32.2 Å². The second kappa shape index (κ2) is 7.49. The SMILES string of the molecule is COC(=O)c1nccc(NCCSc2ccccc2)n1. The molecule has 0 fully saturated rings. The predicted octanol–water partition coefficient (Wildman–Crippen LogP) is 2.47. The number of nitrogens with one attached hydrogen (secondary N) is 1. The molecule has 0 spiro atoms. The molecule has 0 saturated carbocycles. The molecule has 0 aliphatic heterocycles. The fourth-order valence-corrected chi connectivity index (χ4v) is 2.30. The van der Waals surface area contributed by atoms with Gasteiger partial charge in [-0.15, -0.1) is 11.8 Å². The number of carbonyl (C=O) groups excluding carboxylic acids is 1. The monoisotopic (exact) mass is 289 g/mol. The molecule has 0 bridgehead atoms. The first-order valence-electron chi connectivity index (χ1n) is 6.12. The largest absolute Gasteiger partial charge is 0.463 e. The van der Waals surface area contributed by atoms with Crippen molar-refractivity contribution in [2.45, 2.75) is 4.90 Å². The lowest BCUT2D eigenvalue weighted by Gasteiger charge is -2.06. The van der Waals surface area contributed by atoms with E-state index >= 15 is 0 Å². The normalized spacial score (nSPS) is 10.1. The Labute approximate surface area is 121 Å². The highest BCUT2D eigenvalue weighted by Gasteiger charge is 2.08. The number of nitrogens with zero attached hydrogens (tertiary/aromatic N) is 2. The number of hydrogen-bond donors (Lipinski definition) is 1. The molecule has 1 aromatic carbocycles. The Kier molecular flexibility index (Phi) is 5.37. The van der Waals surface area contributed by atoms with Crippen molar-refractivity contribution in [2.24, 2.45) is 0 Å². The third kappa shape index (κ3) is 4.24. The van der Waals surface area contributed by atoms with Gasteiger partial charge in [0, 0.05) is 23.4 Å². The Bertz CT molecular complexity index is 563. The van der Waals surface area contributed by atoms with Crippen LogP contribution >= 0.6 is 11.8 Å². The van der Waals surface area contributed by atoms with Crippen molar-refractivity contribution in [1.29, 1.82) is 0 Å². The van der Waals surface area contributed by atoms with E-state index in [9.17, 15) is 4.79 Å². The number of carbonyl (C=O) groups is 1. The standard InChI is InChI=1S/C14H15N3O2S/c1-19-14(18)13-16-8-7-12(17-13)15-9-10-20-11-5-3-2-4-6-11/h2-8H,9-10H2,1H3,(H,15,16,17). The Balaban J connectivity index is 1.81. The second-order valence-corrected chi connectivity index (χ2v) is 5.01. The van der Waals surface area contributed by atoms with Crippen molar-refractivity contribution in [2.75, 3.05) is 24.7 Å². The molecule has 6 heteroatoms. The number of benzene rings is 1. The van der Waals surface area contributed by atoms with Crippen LogP contribution in [0, 0.1) is 0 Å². The number of ether oxygens (including phenoxy) is 1. The van der Waals surface area contributed by atoms with Gasteiger partial charge >= 0.3 is 5.97 Å². The summed E-state index contributed by atoms with van der Waals surface area (Å²) in [5.41, 5.74) is 0. The number of esters is 1. The fourth-order valence-electron chi connectivity index (χ4n) is 1.51. The van der Waals surface area contributed by atoms with Crippen molar-refractivity contribution < 1.29 is 9.53 Å². The lowest BCUT2D eigenvalue weighted by atomic mass is 10.4. The van der Waals surface area contributed by atoms with Crippen LogP contribution in [0.1, 0.15) is 10.6 Å². The maximum absolute atomic E-state index is 11.3. The average molecular weight is 289 g/mol. The van der Waals surface area contributed by atoms with E-state index in [1.165, 1.54) is 18.2 Å². The van der Waals surface area contributed by atoms with Gasteiger partial charge in [0.25, 0.3) is 0 Å². The van der Waals surface area contributed by atoms with Crippen LogP contribution in [-0.4, -0.2) is 35.3 Å². The highest BCUT2D eigenvalue weighted by atomic mass is 32.2. The molecule has 5 nitrogen and oxygen atoms in total. The number of anilines is 1. The summed E-state index contributed by atoms with van der Waals surface area (Å²) in [6.07, 6.45) is 1.53. The summed E-state index contributed by atoms with van der Waals surface area (Å²) >= 11 is 1.76. The molecule has 0 unspecified atom stereocenters. The van der Waals surface area contributed by atoms with Crippen molar-refractivity contribution in [1.82, 2.24) is 9.97 Å². The van der Waals surface area contributed by atoms with E-state index in [1.54, 1.807) is 17.8 Å². The molecule has 2 aromatic rings.